The van der Waals surface area contributed by atoms with Crippen LogP contribution < -0.4 is 4.90 Å². The summed E-state index contributed by atoms with van der Waals surface area (Å²) in [4.78, 5) is 2.35. The summed E-state index contributed by atoms with van der Waals surface area (Å²) in [7, 11) is 0. The molecule has 3 nitrogen and oxygen atoms in total. The van der Waals surface area contributed by atoms with Crippen molar-refractivity contribution in [1.29, 1.82) is 0 Å². The molecular weight excluding hydrogens is 597 g/mol. The van der Waals surface area contributed by atoms with Gasteiger partial charge in [0.2, 0.25) is 0 Å². The lowest BCUT2D eigenvalue weighted by Crippen LogP contribution is -2.10. The zero-order valence-corrected chi connectivity index (χ0v) is 26.6. The number of fused-ring (bicyclic) bond motifs is 7. The third kappa shape index (κ3) is 4.44. The van der Waals surface area contributed by atoms with Crippen LogP contribution in [0.5, 0.6) is 0 Å². The first-order valence-electron chi connectivity index (χ1n) is 16.7. The highest BCUT2D eigenvalue weighted by Gasteiger charge is 2.17. The molecule has 0 N–H and O–H groups in total. The molecule has 10 rings (SSSR count). The lowest BCUT2D eigenvalue weighted by molar-refractivity contribution is 0.669. The van der Waals surface area contributed by atoms with Crippen molar-refractivity contribution in [2.75, 3.05) is 4.90 Å². The van der Waals surface area contributed by atoms with Crippen molar-refractivity contribution < 1.29 is 4.42 Å². The molecule has 2 aromatic heterocycles. The Bertz CT molecular complexity index is 2770. The van der Waals surface area contributed by atoms with Gasteiger partial charge in [-0.2, -0.15) is 0 Å². The van der Waals surface area contributed by atoms with Gasteiger partial charge in [-0.1, -0.05) is 109 Å². The summed E-state index contributed by atoms with van der Waals surface area (Å²) in [5.41, 5.74) is 11.0. The number of para-hydroxylation sites is 3. The second-order valence-corrected chi connectivity index (χ2v) is 12.6. The minimum Gasteiger partial charge on any atom is -0.456 e. The Hall–Kier alpha value is -6.58. The fraction of sp³-hybridized carbons (Fsp3) is 0. The Balaban J connectivity index is 1.10. The maximum atomic E-state index is 6.20. The lowest BCUT2D eigenvalue weighted by Gasteiger charge is -2.26. The van der Waals surface area contributed by atoms with Gasteiger partial charge < -0.3 is 13.9 Å². The molecule has 3 heteroatoms. The van der Waals surface area contributed by atoms with Gasteiger partial charge in [-0.05, 0) is 94.7 Å². The van der Waals surface area contributed by atoms with Gasteiger partial charge in [0.05, 0.1) is 11.0 Å². The van der Waals surface area contributed by atoms with Crippen molar-refractivity contribution in [2.45, 2.75) is 0 Å². The van der Waals surface area contributed by atoms with E-state index in [0.29, 0.717) is 0 Å². The molecule has 8 aromatic carbocycles. The van der Waals surface area contributed by atoms with Crippen LogP contribution in [0.15, 0.2) is 186 Å². The van der Waals surface area contributed by atoms with Gasteiger partial charge >= 0.3 is 0 Å². The van der Waals surface area contributed by atoms with E-state index in [1.54, 1.807) is 0 Å². The zero-order valence-electron chi connectivity index (χ0n) is 26.6. The normalized spacial score (nSPS) is 11.7. The number of rotatable bonds is 5. The molecule has 0 spiro atoms. The van der Waals surface area contributed by atoms with Crippen LogP contribution in [0.4, 0.5) is 17.1 Å². The van der Waals surface area contributed by atoms with Gasteiger partial charge in [0.1, 0.15) is 11.2 Å². The fourth-order valence-corrected chi connectivity index (χ4v) is 7.52. The Kier molecular flexibility index (Phi) is 6.18. The number of anilines is 3. The van der Waals surface area contributed by atoms with Gasteiger partial charge in [0, 0.05) is 44.3 Å². The van der Waals surface area contributed by atoms with Crippen molar-refractivity contribution in [3.05, 3.63) is 182 Å². The highest BCUT2D eigenvalue weighted by molar-refractivity contribution is 6.12. The summed E-state index contributed by atoms with van der Waals surface area (Å²) < 4.78 is 8.57. The molecule has 0 aliphatic carbocycles. The molecule has 2 heterocycles. The summed E-state index contributed by atoms with van der Waals surface area (Å²) >= 11 is 0. The predicted molar refractivity (Wildman–Crippen MR) is 206 cm³/mol. The van der Waals surface area contributed by atoms with E-state index in [-0.39, 0.29) is 0 Å². The predicted octanol–water partition coefficient (Wildman–Crippen LogP) is 13.0. The monoisotopic (exact) mass is 626 g/mol. The van der Waals surface area contributed by atoms with E-state index in [1.807, 2.05) is 12.1 Å². The first kappa shape index (κ1) is 27.5. The largest absolute Gasteiger partial charge is 0.456 e. The second-order valence-electron chi connectivity index (χ2n) is 12.6. The molecule has 230 valence electrons. The molecular formula is C46H30N2O. The summed E-state index contributed by atoms with van der Waals surface area (Å²) in [5.74, 6) is 0. The second kappa shape index (κ2) is 11.0. The number of furan rings is 1. The molecule has 49 heavy (non-hydrogen) atoms. The average molecular weight is 627 g/mol. The van der Waals surface area contributed by atoms with E-state index in [1.165, 1.54) is 38.1 Å². The van der Waals surface area contributed by atoms with Gasteiger partial charge in [-0.25, -0.2) is 0 Å². The fourth-order valence-electron chi connectivity index (χ4n) is 7.52. The van der Waals surface area contributed by atoms with Crippen LogP contribution in [0.25, 0.3) is 71.3 Å². The minimum atomic E-state index is 0.906. The van der Waals surface area contributed by atoms with Gasteiger partial charge in [-0.3, -0.25) is 0 Å². The first-order valence-corrected chi connectivity index (χ1v) is 16.7. The van der Waals surface area contributed by atoms with Crippen molar-refractivity contribution in [3.8, 4) is 16.8 Å². The molecule has 0 aliphatic rings. The molecule has 0 aliphatic heterocycles. The molecule has 0 saturated carbocycles. The highest BCUT2D eigenvalue weighted by Crippen LogP contribution is 2.41. The quantitative estimate of drug-likeness (QED) is 0.190. The molecule has 0 radical (unpaired) electrons. The van der Waals surface area contributed by atoms with Crippen molar-refractivity contribution >= 4 is 71.6 Å². The standard InChI is InChI=1S/C46H30N2O/c1-2-11-33-30-37(25-20-31(33)10-1)47(34-23-21-32(22-24-34)38-15-9-19-45-46(38)41-14-5-8-18-44(41)49-45)35-26-28-36(29-27-35)48-42-16-6-3-12-39(42)40-13-4-7-17-43(40)48/h1-30H. The molecule has 0 unspecified atom stereocenters. The van der Waals surface area contributed by atoms with Crippen LogP contribution in [-0.4, -0.2) is 4.57 Å². The maximum absolute atomic E-state index is 6.20. The Labute approximate surface area is 283 Å². The highest BCUT2D eigenvalue weighted by atomic mass is 16.3. The van der Waals surface area contributed by atoms with E-state index in [2.05, 4.69) is 179 Å². The van der Waals surface area contributed by atoms with Gasteiger partial charge in [0.15, 0.2) is 0 Å². The van der Waals surface area contributed by atoms with Crippen molar-refractivity contribution in [1.82, 2.24) is 4.57 Å². The molecule has 0 saturated heterocycles. The molecule has 0 bridgehead atoms. The van der Waals surface area contributed by atoms with Crippen LogP contribution in [0.1, 0.15) is 0 Å². The maximum Gasteiger partial charge on any atom is 0.136 e. The molecule has 10 aromatic rings. The topological polar surface area (TPSA) is 21.3 Å². The number of benzene rings is 8. The zero-order chi connectivity index (χ0) is 32.3. The molecule has 0 fully saturated rings. The van der Waals surface area contributed by atoms with Gasteiger partial charge in [-0.15, -0.1) is 0 Å². The summed E-state index contributed by atoms with van der Waals surface area (Å²) in [6.45, 7) is 0. The minimum absolute atomic E-state index is 0.906. The third-order valence-corrected chi connectivity index (χ3v) is 9.78. The van der Waals surface area contributed by atoms with Gasteiger partial charge in [0.25, 0.3) is 0 Å². The van der Waals surface area contributed by atoms with Crippen LogP contribution in [0, 0.1) is 0 Å². The SMILES string of the molecule is c1ccc2cc(N(c3ccc(-c4cccc5oc6ccccc6c45)cc3)c3ccc(-n4c5ccccc5c5ccccc54)cc3)ccc2c1. The lowest BCUT2D eigenvalue weighted by atomic mass is 9.99. The van der Waals surface area contributed by atoms with E-state index in [4.69, 9.17) is 4.42 Å². The number of hydrogen-bond acceptors (Lipinski definition) is 2. The smallest absolute Gasteiger partial charge is 0.136 e. The Morgan fingerprint density at radius 3 is 1.71 bits per heavy atom. The van der Waals surface area contributed by atoms with Crippen LogP contribution >= 0.6 is 0 Å². The van der Waals surface area contributed by atoms with E-state index < -0.39 is 0 Å². The van der Waals surface area contributed by atoms with Crippen molar-refractivity contribution in [3.63, 3.8) is 0 Å². The van der Waals surface area contributed by atoms with E-state index in [9.17, 15) is 0 Å². The number of aromatic nitrogens is 1. The first-order chi connectivity index (χ1) is 24.3. The van der Waals surface area contributed by atoms with E-state index >= 15 is 0 Å². The average Bonchev–Trinajstić information content (AvgIpc) is 3.72. The number of hydrogen-bond donors (Lipinski definition) is 0. The summed E-state index contributed by atoms with van der Waals surface area (Å²) in [5, 5.41) is 7.25. The van der Waals surface area contributed by atoms with Crippen LogP contribution in [0.2, 0.25) is 0 Å². The third-order valence-electron chi connectivity index (χ3n) is 9.78. The van der Waals surface area contributed by atoms with Crippen LogP contribution in [-0.2, 0) is 0 Å². The molecule has 0 amide bonds. The Morgan fingerprint density at radius 2 is 0.980 bits per heavy atom. The van der Waals surface area contributed by atoms with E-state index in [0.717, 1.165) is 50.3 Å². The molecule has 0 atom stereocenters. The summed E-state index contributed by atoms with van der Waals surface area (Å²) in [6, 6.07) is 65.0. The van der Waals surface area contributed by atoms with Crippen LogP contribution in [0.3, 0.4) is 0 Å². The summed E-state index contributed by atoms with van der Waals surface area (Å²) in [6.07, 6.45) is 0. The number of nitrogens with zero attached hydrogens (tertiary/aromatic N) is 2. The van der Waals surface area contributed by atoms with Crippen molar-refractivity contribution in [2.24, 2.45) is 0 Å². The Morgan fingerprint density at radius 1 is 0.408 bits per heavy atom.